The summed E-state index contributed by atoms with van der Waals surface area (Å²) < 4.78 is 7.35. The quantitative estimate of drug-likeness (QED) is 0.840. The first-order valence-corrected chi connectivity index (χ1v) is 8.88. The molecule has 1 heterocycles. The number of methoxy groups -OCH3 is 1. The highest BCUT2D eigenvalue weighted by Gasteiger charge is 2.53. The van der Waals surface area contributed by atoms with Crippen LogP contribution in [0.2, 0.25) is 0 Å². The summed E-state index contributed by atoms with van der Waals surface area (Å²) in [5, 5.41) is 7.37. The molecule has 25 heavy (non-hydrogen) atoms. The molecule has 6 nitrogen and oxygen atoms in total. The maximum Gasteiger partial charge on any atom is 0.251 e. The summed E-state index contributed by atoms with van der Waals surface area (Å²) in [7, 11) is 1.76. The maximum absolute atomic E-state index is 12.9. The SMILES string of the molecule is CCC1(CC)[C@@H](OC)C[C@H]1NC(=O)c1ccccc1Cn1cncn1. The molecular formula is C19H26N4O2. The lowest BCUT2D eigenvalue weighted by molar-refractivity contribution is -0.120. The largest absolute Gasteiger partial charge is 0.381 e. The monoisotopic (exact) mass is 342 g/mol. The molecule has 1 N–H and O–H groups in total. The molecular weight excluding hydrogens is 316 g/mol. The third-order valence-electron chi connectivity index (χ3n) is 5.75. The Morgan fingerprint density at radius 2 is 2.12 bits per heavy atom. The highest BCUT2D eigenvalue weighted by Crippen LogP contribution is 2.48. The van der Waals surface area contributed by atoms with Gasteiger partial charge >= 0.3 is 0 Å². The van der Waals surface area contributed by atoms with E-state index in [-0.39, 0.29) is 23.5 Å². The second kappa shape index (κ2) is 7.35. The summed E-state index contributed by atoms with van der Waals surface area (Å²) >= 11 is 0. The number of aromatic nitrogens is 3. The Morgan fingerprint density at radius 1 is 1.36 bits per heavy atom. The molecule has 2 aromatic rings. The van der Waals surface area contributed by atoms with Gasteiger partial charge in [0.25, 0.3) is 5.91 Å². The Balaban J connectivity index is 1.76. The van der Waals surface area contributed by atoms with E-state index in [0.29, 0.717) is 12.1 Å². The van der Waals surface area contributed by atoms with Crippen LogP contribution in [-0.2, 0) is 11.3 Å². The minimum absolute atomic E-state index is 0.0263. The van der Waals surface area contributed by atoms with Crippen LogP contribution in [0.4, 0.5) is 0 Å². The van der Waals surface area contributed by atoms with Gasteiger partial charge in [0.05, 0.1) is 12.6 Å². The topological polar surface area (TPSA) is 69.0 Å². The second-order valence-electron chi connectivity index (χ2n) is 6.68. The number of ether oxygens (including phenoxy) is 1. The van der Waals surface area contributed by atoms with Gasteiger partial charge in [0.2, 0.25) is 0 Å². The molecule has 0 saturated heterocycles. The Bertz CT molecular complexity index is 710. The van der Waals surface area contributed by atoms with Gasteiger partial charge in [0.15, 0.2) is 0 Å². The Hall–Kier alpha value is -2.21. The number of benzene rings is 1. The van der Waals surface area contributed by atoms with Crippen LogP contribution >= 0.6 is 0 Å². The summed E-state index contributed by atoms with van der Waals surface area (Å²) in [6, 6.07) is 7.82. The maximum atomic E-state index is 12.9. The third-order valence-corrected chi connectivity index (χ3v) is 5.75. The molecule has 3 rings (SSSR count). The van der Waals surface area contributed by atoms with E-state index in [9.17, 15) is 4.79 Å². The lowest BCUT2D eigenvalue weighted by Gasteiger charge is -2.55. The number of rotatable bonds is 7. The molecule has 0 bridgehead atoms. The van der Waals surface area contributed by atoms with E-state index in [4.69, 9.17) is 4.74 Å². The van der Waals surface area contributed by atoms with Crippen LogP contribution in [0.3, 0.4) is 0 Å². The molecule has 1 fully saturated rings. The number of carbonyl (C=O) groups excluding carboxylic acids is 1. The summed E-state index contributed by atoms with van der Waals surface area (Å²) in [6.07, 6.45) is 6.23. The van der Waals surface area contributed by atoms with Crippen LogP contribution in [0, 0.1) is 5.41 Å². The van der Waals surface area contributed by atoms with Gasteiger partial charge in [-0.15, -0.1) is 0 Å². The van der Waals surface area contributed by atoms with E-state index in [1.54, 1.807) is 18.1 Å². The van der Waals surface area contributed by atoms with Crippen molar-refractivity contribution in [3.8, 4) is 0 Å². The number of nitrogens with zero attached hydrogens (tertiary/aromatic N) is 3. The van der Waals surface area contributed by atoms with Gasteiger partial charge < -0.3 is 10.1 Å². The molecule has 1 aromatic carbocycles. The van der Waals surface area contributed by atoms with Gasteiger partial charge in [-0.25, -0.2) is 9.67 Å². The van der Waals surface area contributed by atoms with Crippen molar-refractivity contribution in [1.82, 2.24) is 20.1 Å². The van der Waals surface area contributed by atoms with E-state index in [1.165, 1.54) is 6.33 Å². The van der Waals surface area contributed by atoms with E-state index < -0.39 is 0 Å². The van der Waals surface area contributed by atoms with Gasteiger partial charge in [-0.3, -0.25) is 4.79 Å². The normalized spacial score (nSPS) is 21.6. The summed E-state index contributed by atoms with van der Waals surface area (Å²) in [4.78, 5) is 16.9. The predicted molar refractivity (Wildman–Crippen MR) is 95.2 cm³/mol. The number of nitrogens with one attached hydrogen (secondary N) is 1. The number of hydrogen-bond acceptors (Lipinski definition) is 4. The van der Waals surface area contributed by atoms with Crippen molar-refractivity contribution in [2.24, 2.45) is 5.41 Å². The van der Waals surface area contributed by atoms with Gasteiger partial charge in [0.1, 0.15) is 12.7 Å². The summed E-state index contributed by atoms with van der Waals surface area (Å²) in [5.74, 6) is -0.0263. The number of amides is 1. The predicted octanol–water partition coefficient (Wildman–Crippen LogP) is 2.65. The number of hydrogen-bond donors (Lipinski definition) is 1. The van der Waals surface area contributed by atoms with Crippen molar-refractivity contribution in [3.05, 3.63) is 48.0 Å². The molecule has 6 heteroatoms. The van der Waals surface area contributed by atoms with Gasteiger partial charge in [0, 0.05) is 24.1 Å². The Labute approximate surface area is 148 Å². The molecule has 0 spiro atoms. The first kappa shape index (κ1) is 17.6. The molecule has 1 aliphatic carbocycles. The fourth-order valence-corrected chi connectivity index (χ4v) is 4.08. The standard InChI is InChI=1S/C19H26N4O2/c1-4-19(5-2)16(10-17(19)25-3)22-18(24)15-9-7-6-8-14(15)11-23-13-20-12-21-23/h6-9,12-13,16-17H,4-5,10-11H2,1-3H3,(H,22,24)/t16-,17+/m1/s1. The molecule has 1 amide bonds. The smallest absolute Gasteiger partial charge is 0.251 e. The van der Waals surface area contributed by atoms with Crippen molar-refractivity contribution >= 4 is 5.91 Å². The third kappa shape index (κ3) is 3.18. The van der Waals surface area contributed by atoms with Crippen molar-refractivity contribution < 1.29 is 9.53 Å². The molecule has 0 radical (unpaired) electrons. The first-order chi connectivity index (χ1) is 12.1. The highest BCUT2D eigenvalue weighted by molar-refractivity contribution is 5.96. The zero-order valence-corrected chi connectivity index (χ0v) is 15.1. The first-order valence-electron chi connectivity index (χ1n) is 8.88. The Kier molecular flexibility index (Phi) is 5.18. The zero-order valence-electron chi connectivity index (χ0n) is 15.1. The van der Waals surface area contributed by atoms with Crippen LogP contribution in [0.15, 0.2) is 36.9 Å². The average Bonchev–Trinajstić information content (AvgIpc) is 3.13. The van der Waals surface area contributed by atoms with Crippen molar-refractivity contribution in [2.75, 3.05) is 7.11 Å². The molecule has 1 aliphatic rings. The molecule has 2 atom stereocenters. The molecule has 0 aliphatic heterocycles. The van der Waals surface area contributed by atoms with Gasteiger partial charge in [-0.05, 0) is 30.9 Å². The van der Waals surface area contributed by atoms with Crippen LogP contribution in [0.25, 0.3) is 0 Å². The minimum atomic E-state index is -0.0263. The van der Waals surface area contributed by atoms with Crippen LogP contribution < -0.4 is 5.32 Å². The fourth-order valence-electron chi connectivity index (χ4n) is 4.08. The van der Waals surface area contributed by atoms with Crippen LogP contribution in [0.5, 0.6) is 0 Å². The molecule has 134 valence electrons. The fraction of sp³-hybridized carbons (Fsp3) is 0.526. The van der Waals surface area contributed by atoms with E-state index >= 15 is 0 Å². The molecule has 0 unspecified atom stereocenters. The lowest BCUT2D eigenvalue weighted by atomic mass is 9.58. The van der Waals surface area contributed by atoms with Gasteiger partial charge in [-0.1, -0.05) is 32.0 Å². The minimum Gasteiger partial charge on any atom is -0.381 e. The summed E-state index contributed by atoms with van der Waals surface area (Å²) in [6.45, 7) is 4.88. The lowest BCUT2D eigenvalue weighted by Crippen LogP contribution is -2.64. The van der Waals surface area contributed by atoms with E-state index in [0.717, 1.165) is 24.8 Å². The molecule has 1 aromatic heterocycles. The van der Waals surface area contributed by atoms with E-state index in [2.05, 4.69) is 29.2 Å². The van der Waals surface area contributed by atoms with Crippen LogP contribution in [-0.4, -0.2) is 39.9 Å². The summed E-state index contributed by atoms with van der Waals surface area (Å²) in [5.41, 5.74) is 1.66. The zero-order chi connectivity index (χ0) is 17.9. The van der Waals surface area contributed by atoms with Crippen LogP contribution in [0.1, 0.15) is 49.0 Å². The Morgan fingerprint density at radius 3 is 2.76 bits per heavy atom. The second-order valence-corrected chi connectivity index (χ2v) is 6.68. The highest BCUT2D eigenvalue weighted by atomic mass is 16.5. The van der Waals surface area contributed by atoms with Gasteiger partial charge in [-0.2, -0.15) is 5.10 Å². The number of carbonyl (C=O) groups is 1. The molecule has 1 saturated carbocycles. The van der Waals surface area contributed by atoms with Crippen molar-refractivity contribution in [3.63, 3.8) is 0 Å². The average molecular weight is 342 g/mol. The van der Waals surface area contributed by atoms with Crippen molar-refractivity contribution in [1.29, 1.82) is 0 Å². The van der Waals surface area contributed by atoms with E-state index in [1.807, 2.05) is 24.3 Å². The van der Waals surface area contributed by atoms with Crippen molar-refractivity contribution in [2.45, 2.75) is 51.8 Å².